The fraction of sp³-hybridized carbons (Fsp3) is 0.556. The Morgan fingerprint density at radius 1 is 1.03 bits per heavy atom. The summed E-state index contributed by atoms with van der Waals surface area (Å²) < 4.78 is 5.63. The summed E-state index contributed by atoms with van der Waals surface area (Å²) in [4.78, 5) is 37.9. The number of carbonyl (C=O) groups is 2. The molecule has 1 aliphatic carbocycles. The maximum absolute atomic E-state index is 13.3. The standard InChI is InChI=1S/C27H37N3O5/c1-4-5-6-7-8-9-12-17-35-27(32)24-19(3)28-18(2)23(26(31)29-20-15-16-20)25(24)21-13-10-11-14-22(21)30(33)34/h10-11,13-14,20,25,28H,4-9,12,15-17H2,1-3H3,(H,29,31). The van der Waals surface area contributed by atoms with Gasteiger partial charge in [-0.3, -0.25) is 14.9 Å². The van der Waals surface area contributed by atoms with Crippen molar-refractivity contribution in [2.75, 3.05) is 6.61 Å². The van der Waals surface area contributed by atoms with E-state index in [9.17, 15) is 19.7 Å². The van der Waals surface area contributed by atoms with Crippen molar-refractivity contribution in [2.24, 2.45) is 0 Å². The van der Waals surface area contributed by atoms with E-state index in [1.54, 1.807) is 32.0 Å². The second-order valence-electron chi connectivity index (χ2n) is 9.46. The average molecular weight is 484 g/mol. The summed E-state index contributed by atoms with van der Waals surface area (Å²) >= 11 is 0. The fourth-order valence-corrected chi connectivity index (χ4v) is 4.57. The van der Waals surface area contributed by atoms with Crippen molar-refractivity contribution in [3.63, 3.8) is 0 Å². The number of hydrogen-bond donors (Lipinski definition) is 2. The first-order valence-electron chi connectivity index (χ1n) is 12.7. The van der Waals surface area contributed by atoms with Crippen LogP contribution in [0.1, 0.15) is 90.0 Å². The smallest absolute Gasteiger partial charge is 0.336 e. The third-order valence-corrected chi connectivity index (χ3v) is 6.56. The number of dihydropyridines is 1. The van der Waals surface area contributed by atoms with E-state index in [1.807, 2.05) is 0 Å². The van der Waals surface area contributed by atoms with E-state index in [0.717, 1.165) is 32.1 Å². The summed E-state index contributed by atoms with van der Waals surface area (Å²) in [5, 5.41) is 18.0. The molecule has 0 spiro atoms. The Labute approximate surface area is 207 Å². The van der Waals surface area contributed by atoms with E-state index >= 15 is 0 Å². The molecule has 1 fully saturated rings. The van der Waals surface area contributed by atoms with Gasteiger partial charge >= 0.3 is 5.97 Å². The van der Waals surface area contributed by atoms with Crippen LogP contribution in [0.4, 0.5) is 5.69 Å². The van der Waals surface area contributed by atoms with Gasteiger partial charge in [0.25, 0.3) is 5.69 Å². The van der Waals surface area contributed by atoms with Crippen molar-refractivity contribution >= 4 is 17.6 Å². The highest BCUT2D eigenvalue weighted by atomic mass is 16.6. The predicted molar refractivity (Wildman–Crippen MR) is 134 cm³/mol. The summed E-state index contributed by atoms with van der Waals surface area (Å²) in [7, 11) is 0. The SMILES string of the molecule is CCCCCCCCCOC(=O)C1=C(C)NC(C)=C(C(=O)NC2CC2)C1c1ccccc1[N+](=O)[O-]. The largest absolute Gasteiger partial charge is 0.462 e. The van der Waals surface area contributed by atoms with Gasteiger partial charge in [-0.1, -0.05) is 63.6 Å². The minimum Gasteiger partial charge on any atom is -0.462 e. The predicted octanol–water partition coefficient (Wildman–Crippen LogP) is 5.40. The normalized spacial score (nSPS) is 17.7. The fourth-order valence-electron chi connectivity index (χ4n) is 4.57. The molecular weight excluding hydrogens is 446 g/mol. The number of hydrogen-bond acceptors (Lipinski definition) is 6. The quantitative estimate of drug-likeness (QED) is 0.168. The average Bonchev–Trinajstić information content (AvgIpc) is 3.64. The van der Waals surface area contributed by atoms with Gasteiger partial charge in [-0.25, -0.2) is 4.79 Å². The molecule has 8 nitrogen and oxygen atoms in total. The van der Waals surface area contributed by atoms with Crippen LogP contribution in [0, 0.1) is 10.1 Å². The van der Waals surface area contributed by atoms with Crippen molar-refractivity contribution in [2.45, 2.75) is 90.5 Å². The molecular formula is C27H37N3O5. The van der Waals surface area contributed by atoms with Crippen molar-refractivity contribution in [3.8, 4) is 0 Å². The molecule has 1 amide bonds. The zero-order valence-electron chi connectivity index (χ0n) is 21.0. The van der Waals surface area contributed by atoms with Gasteiger partial charge in [0.1, 0.15) is 0 Å². The van der Waals surface area contributed by atoms with Gasteiger partial charge < -0.3 is 15.4 Å². The monoisotopic (exact) mass is 483 g/mol. The number of unbranched alkanes of at least 4 members (excludes halogenated alkanes) is 6. The van der Waals surface area contributed by atoms with Crippen LogP contribution in [0.25, 0.3) is 0 Å². The van der Waals surface area contributed by atoms with Gasteiger partial charge in [-0.15, -0.1) is 0 Å². The summed E-state index contributed by atoms with van der Waals surface area (Å²) in [6.07, 6.45) is 9.51. The van der Waals surface area contributed by atoms with E-state index < -0.39 is 16.8 Å². The number of benzene rings is 1. The Bertz CT molecular complexity index is 1010. The molecule has 1 heterocycles. The molecule has 1 aromatic rings. The molecule has 3 rings (SSSR count). The molecule has 0 aromatic heterocycles. The minimum atomic E-state index is -0.891. The van der Waals surface area contributed by atoms with Gasteiger partial charge in [0.05, 0.1) is 23.0 Å². The van der Waals surface area contributed by atoms with Gasteiger partial charge in [0.2, 0.25) is 5.91 Å². The maximum Gasteiger partial charge on any atom is 0.336 e. The lowest BCUT2D eigenvalue weighted by molar-refractivity contribution is -0.385. The first-order valence-corrected chi connectivity index (χ1v) is 12.7. The second kappa shape index (κ2) is 12.5. The van der Waals surface area contributed by atoms with Gasteiger partial charge in [0, 0.05) is 34.6 Å². The number of rotatable bonds is 13. The zero-order valence-corrected chi connectivity index (χ0v) is 21.0. The lowest BCUT2D eigenvalue weighted by Gasteiger charge is -2.30. The molecule has 1 saturated carbocycles. The van der Waals surface area contributed by atoms with E-state index in [2.05, 4.69) is 17.6 Å². The van der Waals surface area contributed by atoms with E-state index in [-0.39, 0.29) is 29.8 Å². The van der Waals surface area contributed by atoms with Crippen molar-refractivity contribution in [1.82, 2.24) is 10.6 Å². The number of nitro benzene ring substituents is 1. The highest BCUT2D eigenvalue weighted by Crippen LogP contribution is 2.42. The highest BCUT2D eigenvalue weighted by Gasteiger charge is 2.41. The number of nitrogens with zero attached hydrogens (tertiary/aromatic N) is 1. The van der Waals surface area contributed by atoms with Gasteiger partial charge in [0.15, 0.2) is 0 Å². The molecule has 0 radical (unpaired) electrons. The minimum absolute atomic E-state index is 0.106. The Kier molecular flexibility index (Phi) is 9.46. The zero-order chi connectivity index (χ0) is 25.4. The molecule has 35 heavy (non-hydrogen) atoms. The van der Waals surface area contributed by atoms with Crippen LogP contribution in [-0.4, -0.2) is 29.4 Å². The third kappa shape index (κ3) is 6.93. The Morgan fingerprint density at radius 3 is 2.31 bits per heavy atom. The Hall–Kier alpha value is -3.16. The molecule has 1 atom stereocenters. The first-order chi connectivity index (χ1) is 16.8. The third-order valence-electron chi connectivity index (χ3n) is 6.56. The molecule has 8 heteroatoms. The van der Waals surface area contributed by atoms with Crippen LogP contribution in [0.2, 0.25) is 0 Å². The van der Waals surface area contributed by atoms with Crippen LogP contribution in [0.3, 0.4) is 0 Å². The molecule has 190 valence electrons. The highest BCUT2D eigenvalue weighted by molar-refractivity contribution is 6.02. The van der Waals surface area contributed by atoms with Crippen molar-refractivity contribution < 1.29 is 19.2 Å². The van der Waals surface area contributed by atoms with Crippen LogP contribution in [-0.2, 0) is 14.3 Å². The molecule has 1 unspecified atom stereocenters. The summed E-state index contributed by atoms with van der Waals surface area (Å²) in [5.41, 5.74) is 1.86. The number of nitro groups is 1. The van der Waals surface area contributed by atoms with Crippen LogP contribution in [0.5, 0.6) is 0 Å². The molecule has 1 aliphatic heterocycles. The molecule has 1 aromatic carbocycles. The summed E-state index contributed by atoms with van der Waals surface area (Å²) in [6, 6.07) is 6.39. The van der Waals surface area contributed by atoms with Gasteiger partial charge in [-0.05, 0) is 33.1 Å². The van der Waals surface area contributed by atoms with Crippen LogP contribution >= 0.6 is 0 Å². The number of allylic oxidation sites excluding steroid dienone is 2. The first kappa shape index (κ1) is 26.4. The number of carbonyl (C=O) groups excluding carboxylic acids is 2. The number of amides is 1. The maximum atomic E-state index is 13.3. The van der Waals surface area contributed by atoms with E-state index in [4.69, 9.17) is 4.74 Å². The topological polar surface area (TPSA) is 111 Å². The van der Waals surface area contributed by atoms with E-state index in [0.29, 0.717) is 22.5 Å². The van der Waals surface area contributed by atoms with Gasteiger partial charge in [-0.2, -0.15) is 0 Å². The molecule has 2 N–H and O–H groups in total. The van der Waals surface area contributed by atoms with Crippen molar-refractivity contribution in [1.29, 1.82) is 0 Å². The second-order valence-corrected chi connectivity index (χ2v) is 9.46. The lowest BCUT2D eigenvalue weighted by Crippen LogP contribution is -2.37. The molecule has 0 saturated heterocycles. The Morgan fingerprint density at radius 2 is 1.66 bits per heavy atom. The Balaban J connectivity index is 1.83. The van der Waals surface area contributed by atoms with E-state index in [1.165, 1.54) is 31.7 Å². The summed E-state index contributed by atoms with van der Waals surface area (Å²) in [5.74, 6) is -1.75. The van der Waals surface area contributed by atoms with Crippen LogP contribution in [0.15, 0.2) is 46.8 Å². The lowest BCUT2D eigenvalue weighted by atomic mass is 9.79. The van der Waals surface area contributed by atoms with Crippen molar-refractivity contribution in [3.05, 3.63) is 62.5 Å². The molecule has 2 aliphatic rings. The number of para-hydroxylation sites is 1. The van der Waals surface area contributed by atoms with Crippen LogP contribution < -0.4 is 10.6 Å². The number of ether oxygens (including phenoxy) is 1. The summed E-state index contributed by atoms with van der Waals surface area (Å²) in [6.45, 7) is 5.96. The number of nitrogens with one attached hydrogen (secondary N) is 2. The number of esters is 1. The molecule has 0 bridgehead atoms.